The van der Waals surface area contributed by atoms with Crippen LogP contribution in [0.5, 0.6) is 0 Å². The Bertz CT molecular complexity index is 770. The maximum Gasteiger partial charge on any atom is 0.337 e. The lowest BCUT2D eigenvalue weighted by atomic mass is 9.89. The first-order valence-corrected chi connectivity index (χ1v) is 7.91. The number of hydrogen-bond acceptors (Lipinski definition) is 5. The average molecular weight is 319 g/mol. The molecule has 1 saturated heterocycles. The highest BCUT2D eigenvalue weighted by atomic mass is 32.1. The van der Waals surface area contributed by atoms with Crippen molar-refractivity contribution in [3.8, 4) is 0 Å². The van der Waals surface area contributed by atoms with Gasteiger partial charge in [-0.15, -0.1) is 11.3 Å². The predicted molar refractivity (Wildman–Crippen MR) is 83.8 cm³/mol. The Morgan fingerprint density at radius 3 is 2.82 bits per heavy atom. The normalized spacial score (nSPS) is 24.9. The third kappa shape index (κ3) is 2.17. The molecular weight excluding hydrogens is 302 g/mol. The quantitative estimate of drug-likeness (QED) is 0.806. The van der Waals surface area contributed by atoms with E-state index < -0.39 is 17.7 Å². The van der Waals surface area contributed by atoms with Crippen molar-refractivity contribution in [2.45, 2.75) is 32.5 Å². The Kier molecular flexibility index (Phi) is 3.41. The molecule has 0 aromatic carbocycles. The van der Waals surface area contributed by atoms with Gasteiger partial charge in [-0.05, 0) is 30.4 Å². The second-order valence-corrected chi connectivity index (χ2v) is 6.84. The summed E-state index contributed by atoms with van der Waals surface area (Å²) in [7, 11) is 0. The van der Waals surface area contributed by atoms with Gasteiger partial charge in [0.25, 0.3) is 0 Å². The van der Waals surface area contributed by atoms with Gasteiger partial charge in [0.05, 0.1) is 16.8 Å². The number of rotatable bonds is 3. The number of hydrogen-bond donors (Lipinski definition) is 3. The number of carboxylic acid groups (broad SMARTS) is 1. The summed E-state index contributed by atoms with van der Waals surface area (Å²) < 4.78 is 0. The lowest BCUT2D eigenvalue weighted by molar-refractivity contribution is -0.125. The molecule has 0 bridgehead atoms. The molecular formula is C15H17N3O3S. The number of carbonyl (C=O) groups excluding carboxylic acids is 1. The molecule has 0 unspecified atom stereocenters. The van der Waals surface area contributed by atoms with Crippen LogP contribution in [-0.4, -0.2) is 27.5 Å². The van der Waals surface area contributed by atoms with Crippen LogP contribution in [0, 0.1) is 5.92 Å². The number of carbonyl (C=O) groups is 2. The number of nitrogens with zero attached hydrogens (tertiary/aromatic N) is 1. The van der Waals surface area contributed by atoms with Gasteiger partial charge >= 0.3 is 5.97 Å². The minimum Gasteiger partial charge on any atom is -0.478 e. The van der Waals surface area contributed by atoms with E-state index in [1.165, 1.54) is 11.3 Å². The number of nitrogens with one attached hydrogen (secondary N) is 2. The molecule has 7 heteroatoms. The predicted octanol–water partition coefficient (Wildman–Crippen LogP) is 2.13. The summed E-state index contributed by atoms with van der Waals surface area (Å²) in [6.45, 7) is 5.71. The van der Waals surface area contributed by atoms with Crippen molar-refractivity contribution in [1.82, 2.24) is 15.6 Å². The van der Waals surface area contributed by atoms with Crippen molar-refractivity contribution in [3.05, 3.63) is 28.8 Å². The van der Waals surface area contributed by atoms with Crippen molar-refractivity contribution in [2.75, 3.05) is 0 Å². The molecule has 0 aliphatic carbocycles. The Balaban J connectivity index is 2.08. The summed E-state index contributed by atoms with van der Waals surface area (Å²) in [5, 5.41) is 18.1. The molecule has 1 aliphatic heterocycles. The fourth-order valence-electron chi connectivity index (χ4n) is 2.55. The van der Waals surface area contributed by atoms with Crippen molar-refractivity contribution < 1.29 is 14.7 Å². The molecule has 1 amide bonds. The van der Waals surface area contributed by atoms with Crippen molar-refractivity contribution >= 4 is 33.4 Å². The Morgan fingerprint density at radius 1 is 1.50 bits per heavy atom. The van der Waals surface area contributed by atoms with E-state index in [0.717, 1.165) is 10.2 Å². The van der Waals surface area contributed by atoms with Gasteiger partial charge in [-0.3, -0.25) is 10.1 Å². The molecule has 0 saturated carbocycles. The second kappa shape index (κ2) is 5.03. The molecule has 3 heterocycles. The second-order valence-electron chi connectivity index (χ2n) is 5.95. The van der Waals surface area contributed by atoms with Gasteiger partial charge in [-0.1, -0.05) is 13.8 Å². The van der Waals surface area contributed by atoms with Crippen LogP contribution in [0.3, 0.4) is 0 Å². The van der Waals surface area contributed by atoms with E-state index in [-0.39, 0.29) is 17.4 Å². The van der Waals surface area contributed by atoms with Gasteiger partial charge in [0.1, 0.15) is 11.0 Å². The smallest absolute Gasteiger partial charge is 0.337 e. The van der Waals surface area contributed by atoms with E-state index in [2.05, 4.69) is 15.6 Å². The van der Waals surface area contributed by atoms with E-state index >= 15 is 0 Å². The number of aromatic carboxylic acids is 1. The lowest BCUT2D eigenvalue weighted by Gasteiger charge is -2.26. The minimum atomic E-state index is -1.05. The number of carboxylic acids is 1. The van der Waals surface area contributed by atoms with Crippen LogP contribution in [-0.2, 0) is 4.79 Å². The summed E-state index contributed by atoms with van der Waals surface area (Å²) >= 11 is 1.44. The van der Waals surface area contributed by atoms with Crippen molar-refractivity contribution in [3.63, 3.8) is 0 Å². The summed E-state index contributed by atoms with van der Waals surface area (Å²) in [4.78, 5) is 29.0. The first-order chi connectivity index (χ1) is 10.3. The molecule has 3 rings (SSSR count). The summed E-state index contributed by atoms with van der Waals surface area (Å²) in [5.41, 5.74) is -0.288. The molecule has 22 heavy (non-hydrogen) atoms. The van der Waals surface area contributed by atoms with Crippen LogP contribution in [0.25, 0.3) is 10.2 Å². The van der Waals surface area contributed by atoms with Gasteiger partial charge in [0.2, 0.25) is 5.91 Å². The highest BCUT2D eigenvalue weighted by molar-refractivity contribution is 7.16. The molecule has 116 valence electrons. The topological polar surface area (TPSA) is 91.3 Å². The zero-order valence-corrected chi connectivity index (χ0v) is 13.3. The van der Waals surface area contributed by atoms with E-state index in [4.69, 9.17) is 0 Å². The Morgan fingerprint density at radius 2 is 2.23 bits per heavy atom. The standard InChI is InChI=1S/C15H17N3O3S/c1-7(2)15(3)14(21)17-11(18-15)10-9(13(19)20)6-8-4-5-22-12(8)16-10/h4-7,11,18H,1-3H3,(H,17,21)(H,19,20)/t11-,15-/m1/s1. The van der Waals surface area contributed by atoms with Crippen molar-refractivity contribution in [2.24, 2.45) is 5.92 Å². The fourth-order valence-corrected chi connectivity index (χ4v) is 3.31. The number of aromatic nitrogens is 1. The highest BCUT2D eigenvalue weighted by Crippen LogP contribution is 2.30. The molecule has 6 nitrogen and oxygen atoms in total. The fraction of sp³-hybridized carbons (Fsp3) is 0.400. The molecule has 2 aromatic heterocycles. The van der Waals surface area contributed by atoms with Crippen LogP contribution in [0.1, 0.15) is 43.0 Å². The minimum absolute atomic E-state index is 0.0660. The monoisotopic (exact) mass is 319 g/mol. The van der Waals surface area contributed by atoms with Gasteiger partial charge in [-0.2, -0.15) is 0 Å². The number of amides is 1. The molecule has 3 N–H and O–H groups in total. The van der Waals surface area contributed by atoms with E-state index in [0.29, 0.717) is 5.69 Å². The van der Waals surface area contributed by atoms with Gasteiger partial charge in [0.15, 0.2) is 0 Å². The van der Waals surface area contributed by atoms with Crippen LogP contribution in [0.2, 0.25) is 0 Å². The lowest BCUT2D eigenvalue weighted by Crippen LogP contribution is -2.48. The summed E-state index contributed by atoms with van der Waals surface area (Å²) in [5.74, 6) is -1.13. The third-order valence-electron chi connectivity index (χ3n) is 4.32. The third-order valence-corrected chi connectivity index (χ3v) is 5.14. The Hall–Kier alpha value is -1.99. The SMILES string of the molecule is CC(C)[C@@]1(C)N[C@H](c2nc3sccc3cc2C(=O)O)NC1=O. The summed E-state index contributed by atoms with van der Waals surface area (Å²) in [6, 6.07) is 3.44. The number of thiophene rings is 1. The number of fused-ring (bicyclic) bond motifs is 1. The zero-order chi connectivity index (χ0) is 16.1. The van der Waals surface area contributed by atoms with Gasteiger partial charge in [0, 0.05) is 5.39 Å². The van der Waals surface area contributed by atoms with Crippen LogP contribution >= 0.6 is 11.3 Å². The molecule has 2 aromatic rings. The maximum atomic E-state index is 12.3. The largest absolute Gasteiger partial charge is 0.478 e. The van der Waals surface area contributed by atoms with Gasteiger partial charge in [-0.25, -0.2) is 9.78 Å². The molecule has 0 spiro atoms. The summed E-state index contributed by atoms with van der Waals surface area (Å²) in [6.07, 6.45) is -0.600. The van der Waals surface area contributed by atoms with Crippen LogP contribution in [0.4, 0.5) is 0 Å². The average Bonchev–Trinajstić information content (AvgIpc) is 3.02. The number of pyridine rings is 1. The first-order valence-electron chi connectivity index (χ1n) is 7.03. The maximum absolute atomic E-state index is 12.3. The molecule has 1 fully saturated rings. The van der Waals surface area contributed by atoms with E-state index in [1.807, 2.05) is 32.2 Å². The highest BCUT2D eigenvalue weighted by Gasteiger charge is 2.46. The van der Waals surface area contributed by atoms with Crippen LogP contribution < -0.4 is 10.6 Å². The Labute approximate surface area is 131 Å². The molecule has 1 aliphatic rings. The van der Waals surface area contributed by atoms with Crippen LogP contribution in [0.15, 0.2) is 17.5 Å². The van der Waals surface area contributed by atoms with E-state index in [9.17, 15) is 14.7 Å². The van der Waals surface area contributed by atoms with E-state index in [1.54, 1.807) is 6.07 Å². The molecule has 2 atom stereocenters. The zero-order valence-electron chi connectivity index (χ0n) is 12.5. The van der Waals surface area contributed by atoms with Crippen molar-refractivity contribution in [1.29, 1.82) is 0 Å². The first kappa shape index (κ1) is 14.9. The van der Waals surface area contributed by atoms with Gasteiger partial charge < -0.3 is 10.4 Å². The molecule has 0 radical (unpaired) electrons.